The van der Waals surface area contributed by atoms with Gasteiger partial charge in [0.05, 0.1) is 20.5 Å². The number of esters is 1. The van der Waals surface area contributed by atoms with Gasteiger partial charge in [0, 0.05) is 5.02 Å². The van der Waals surface area contributed by atoms with Crippen molar-refractivity contribution in [3.05, 3.63) is 35.6 Å². The van der Waals surface area contributed by atoms with Crippen molar-refractivity contribution in [2.75, 3.05) is 20.0 Å². The van der Waals surface area contributed by atoms with Crippen molar-refractivity contribution in [1.82, 2.24) is 24.6 Å². The molecule has 1 aromatic carbocycles. The second-order valence-electron chi connectivity index (χ2n) is 6.30. The Morgan fingerprint density at radius 3 is 2.58 bits per heavy atom. The van der Waals surface area contributed by atoms with Gasteiger partial charge in [-0.05, 0) is 38.1 Å². The van der Waals surface area contributed by atoms with Crippen molar-refractivity contribution < 1.29 is 23.3 Å². The number of nitrogens with two attached hydrogens (primary N) is 1. The van der Waals surface area contributed by atoms with Gasteiger partial charge in [0.1, 0.15) is 18.0 Å². The van der Waals surface area contributed by atoms with E-state index in [1.54, 1.807) is 42.7 Å². The number of benzene rings is 1. The molecule has 0 aliphatic rings. The lowest BCUT2D eigenvalue weighted by atomic mass is 10.3. The number of hydrogen-bond acceptors (Lipinski definition) is 10. The van der Waals surface area contributed by atoms with Gasteiger partial charge in [-0.25, -0.2) is 10.1 Å². The number of halogens is 1. The van der Waals surface area contributed by atoms with E-state index in [4.69, 9.17) is 35.9 Å². The first kappa shape index (κ1) is 23.0. The second kappa shape index (κ2) is 10.1. The largest absolute Gasteiger partial charge is 0.479 e. The van der Waals surface area contributed by atoms with Crippen LogP contribution in [0.4, 0.5) is 5.95 Å². The van der Waals surface area contributed by atoms with Gasteiger partial charge in [-0.3, -0.25) is 13.9 Å². The highest BCUT2D eigenvalue weighted by Gasteiger charge is 2.26. The van der Waals surface area contributed by atoms with Crippen molar-refractivity contribution in [3.8, 4) is 11.6 Å². The smallest absolute Gasteiger partial charge is 0.323 e. The summed E-state index contributed by atoms with van der Waals surface area (Å²) in [6, 6.07) is 6.09. The topological polar surface area (TPSA) is 136 Å². The SMILES string of the molecule is COC(=O)[C@H](C)NP(Oc1ccc(Cl)cc1)OC(C)n1cnc2c(OC)nc(N)nc21. The van der Waals surface area contributed by atoms with Gasteiger partial charge >= 0.3 is 14.5 Å². The van der Waals surface area contributed by atoms with E-state index in [0.29, 0.717) is 21.9 Å². The van der Waals surface area contributed by atoms with Crippen molar-refractivity contribution in [2.24, 2.45) is 0 Å². The summed E-state index contributed by atoms with van der Waals surface area (Å²) < 4.78 is 23.7. The highest BCUT2D eigenvalue weighted by Crippen LogP contribution is 2.41. The Bertz CT molecular complexity index is 1050. The van der Waals surface area contributed by atoms with Crippen LogP contribution in [0.15, 0.2) is 30.6 Å². The number of aromatic nitrogens is 4. The highest BCUT2D eigenvalue weighted by atomic mass is 35.5. The van der Waals surface area contributed by atoms with Gasteiger partial charge in [-0.2, -0.15) is 9.97 Å². The number of nitrogen functional groups attached to an aromatic ring is 1. The fourth-order valence-corrected chi connectivity index (χ4v) is 3.96. The van der Waals surface area contributed by atoms with Gasteiger partial charge in [-0.1, -0.05) is 11.6 Å². The number of hydrogen-bond donors (Lipinski definition) is 2. The lowest BCUT2D eigenvalue weighted by Crippen LogP contribution is -2.33. The van der Waals surface area contributed by atoms with E-state index in [9.17, 15) is 4.79 Å². The van der Waals surface area contributed by atoms with E-state index >= 15 is 0 Å². The maximum atomic E-state index is 11.9. The normalized spacial score (nSPS) is 14.1. The van der Waals surface area contributed by atoms with E-state index in [1.807, 2.05) is 0 Å². The molecule has 3 atom stereocenters. The zero-order valence-electron chi connectivity index (χ0n) is 17.3. The molecule has 13 heteroatoms. The predicted molar refractivity (Wildman–Crippen MR) is 116 cm³/mol. The number of rotatable bonds is 9. The number of imidazole rings is 1. The minimum atomic E-state index is -1.79. The van der Waals surface area contributed by atoms with E-state index in [1.165, 1.54) is 20.5 Å². The van der Waals surface area contributed by atoms with Gasteiger partial charge in [0.15, 0.2) is 11.2 Å². The maximum absolute atomic E-state index is 11.9. The summed E-state index contributed by atoms with van der Waals surface area (Å²) in [6.07, 6.45) is 0.936. The summed E-state index contributed by atoms with van der Waals surface area (Å²) in [5.41, 5.74) is 6.65. The van der Waals surface area contributed by atoms with Crippen LogP contribution in [0.1, 0.15) is 20.1 Å². The fraction of sp³-hybridized carbons (Fsp3) is 0.333. The molecule has 11 nitrogen and oxygen atoms in total. The molecule has 0 aliphatic carbocycles. The molecule has 0 spiro atoms. The van der Waals surface area contributed by atoms with Crippen LogP contribution in [-0.4, -0.2) is 45.7 Å². The molecule has 2 unspecified atom stereocenters. The molecule has 0 fully saturated rings. The third-order valence-electron chi connectivity index (χ3n) is 4.10. The zero-order valence-corrected chi connectivity index (χ0v) is 18.9. The Labute approximate surface area is 184 Å². The number of nitrogens with one attached hydrogen (secondary N) is 1. The second-order valence-corrected chi connectivity index (χ2v) is 7.90. The first-order valence-corrected chi connectivity index (χ1v) is 10.7. The van der Waals surface area contributed by atoms with Crippen LogP contribution in [-0.2, 0) is 14.1 Å². The molecular formula is C18H22ClN6O5P. The average molecular weight is 469 g/mol. The molecule has 3 aromatic rings. The van der Waals surface area contributed by atoms with Crippen LogP contribution in [0.3, 0.4) is 0 Å². The molecule has 3 N–H and O–H groups in total. The highest BCUT2D eigenvalue weighted by molar-refractivity contribution is 7.45. The standard InChI is InChI=1S/C18H22ClN6O5P/c1-10(17(26)28-4)24-31(30-13-7-5-12(19)6-8-13)29-11(2)25-9-21-14-15(25)22-18(20)23-16(14)27-3/h5-11,24H,1-4H3,(H2,20,22,23)/t10-,11?,31?/m0/s1. The van der Waals surface area contributed by atoms with Crippen LogP contribution in [0, 0.1) is 0 Å². The van der Waals surface area contributed by atoms with Gasteiger partial charge in [-0.15, -0.1) is 0 Å². The molecule has 3 rings (SSSR count). The van der Waals surface area contributed by atoms with E-state index < -0.39 is 26.8 Å². The molecule has 0 aliphatic heterocycles. The maximum Gasteiger partial charge on any atom is 0.323 e. The first-order valence-electron chi connectivity index (χ1n) is 9.10. The molecule has 166 valence electrons. The number of carbonyl (C=O) groups excluding carboxylic acids is 1. The monoisotopic (exact) mass is 468 g/mol. The molecule has 0 radical (unpaired) electrons. The molecule has 2 heterocycles. The van der Waals surface area contributed by atoms with Crippen LogP contribution >= 0.6 is 20.1 Å². The van der Waals surface area contributed by atoms with Crippen molar-refractivity contribution >= 4 is 43.2 Å². The first-order chi connectivity index (χ1) is 14.8. The summed E-state index contributed by atoms with van der Waals surface area (Å²) in [6.45, 7) is 3.42. The number of nitrogens with zero attached hydrogens (tertiary/aromatic N) is 4. The lowest BCUT2D eigenvalue weighted by molar-refractivity contribution is -0.142. The van der Waals surface area contributed by atoms with Gasteiger partial charge in [0.25, 0.3) is 0 Å². The number of anilines is 1. The number of carbonyl (C=O) groups is 1. The third-order valence-corrected chi connectivity index (χ3v) is 5.82. The Morgan fingerprint density at radius 1 is 1.23 bits per heavy atom. The van der Waals surface area contributed by atoms with Crippen molar-refractivity contribution in [3.63, 3.8) is 0 Å². The van der Waals surface area contributed by atoms with Crippen LogP contribution in [0.2, 0.25) is 5.02 Å². The van der Waals surface area contributed by atoms with Crippen LogP contribution in [0.5, 0.6) is 11.6 Å². The predicted octanol–water partition coefficient (Wildman–Crippen LogP) is 3.06. The minimum absolute atomic E-state index is 0.0374. The summed E-state index contributed by atoms with van der Waals surface area (Å²) >= 11 is 5.94. The van der Waals surface area contributed by atoms with E-state index in [-0.39, 0.29) is 11.8 Å². The summed E-state index contributed by atoms with van der Waals surface area (Å²) in [5.74, 6) is 0.346. The third kappa shape index (κ3) is 5.50. The Hall–Kier alpha value is -2.72. The summed E-state index contributed by atoms with van der Waals surface area (Å²) in [4.78, 5) is 24.4. The fourth-order valence-electron chi connectivity index (χ4n) is 2.56. The molecule has 2 aromatic heterocycles. The van der Waals surface area contributed by atoms with Crippen LogP contribution < -0.4 is 20.1 Å². The molecule has 0 amide bonds. The number of methoxy groups -OCH3 is 2. The van der Waals surface area contributed by atoms with Crippen molar-refractivity contribution in [1.29, 1.82) is 0 Å². The zero-order chi connectivity index (χ0) is 22.5. The van der Waals surface area contributed by atoms with Crippen LogP contribution in [0.25, 0.3) is 11.2 Å². The molecular weight excluding hydrogens is 447 g/mol. The molecule has 0 bridgehead atoms. The number of ether oxygens (including phenoxy) is 2. The minimum Gasteiger partial charge on any atom is -0.479 e. The Morgan fingerprint density at radius 2 is 1.94 bits per heavy atom. The molecule has 0 saturated carbocycles. The summed E-state index contributed by atoms with van der Waals surface area (Å²) in [7, 11) is 0.986. The van der Waals surface area contributed by atoms with Gasteiger partial charge in [0.2, 0.25) is 11.8 Å². The number of fused-ring (bicyclic) bond motifs is 1. The van der Waals surface area contributed by atoms with Crippen molar-refractivity contribution in [2.45, 2.75) is 26.1 Å². The Kier molecular flexibility index (Phi) is 7.45. The summed E-state index contributed by atoms with van der Waals surface area (Å²) in [5, 5.41) is 3.57. The van der Waals surface area contributed by atoms with E-state index in [2.05, 4.69) is 20.0 Å². The quantitative estimate of drug-likeness (QED) is 0.356. The lowest BCUT2D eigenvalue weighted by Gasteiger charge is -2.25. The molecule has 31 heavy (non-hydrogen) atoms. The molecule has 0 saturated heterocycles. The van der Waals surface area contributed by atoms with E-state index in [0.717, 1.165) is 0 Å². The average Bonchev–Trinajstić information content (AvgIpc) is 3.17. The van der Waals surface area contributed by atoms with Gasteiger partial charge < -0.3 is 19.7 Å². The Balaban J connectivity index is 1.85.